The standard InChI is InChI=1S/C30H35FN2O3/c1-3-9-26-28(25-13-8-10-21(2)29(25)31)30(24-11-6-4-5-7-12-24)32-33(26)18-22-14-16-23(17-15-22)19-36-20-27(34)35/h4-6,8,10-13,22-23H,3,9,14-20H2,1-2H3,(H,34,35). The molecule has 1 aromatic carbocycles. The van der Waals surface area contributed by atoms with E-state index in [9.17, 15) is 4.79 Å². The highest BCUT2D eigenvalue weighted by Crippen LogP contribution is 2.37. The third kappa shape index (κ3) is 6.13. The van der Waals surface area contributed by atoms with Gasteiger partial charge in [0, 0.05) is 28.9 Å². The number of allylic oxidation sites excluding steroid dienone is 5. The van der Waals surface area contributed by atoms with E-state index in [1.165, 1.54) is 0 Å². The van der Waals surface area contributed by atoms with Gasteiger partial charge in [-0.2, -0.15) is 5.10 Å². The monoisotopic (exact) mass is 490 g/mol. The summed E-state index contributed by atoms with van der Waals surface area (Å²) >= 11 is 0. The molecule has 2 aromatic rings. The van der Waals surface area contributed by atoms with E-state index >= 15 is 4.39 Å². The molecule has 0 spiro atoms. The average molecular weight is 491 g/mol. The number of aliphatic carboxylic acids is 1. The highest BCUT2D eigenvalue weighted by Gasteiger charge is 2.27. The van der Waals surface area contributed by atoms with Crippen LogP contribution in [0.1, 0.15) is 56.0 Å². The van der Waals surface area contributed by atoms with Gasteiger partial charge in [0.1, 0.15) is 18.1 Å². The van der Waals surface area contributed by atoms with Crippen molar-refractivity contribution in [2.75, 3.05) is 13.2 Å². The van der Waals surface area contributed by atoms with E-state index in [0.717, 1.165) is 67.6 Å². The molecule has 0 amide bonds. The zero-order chi connectivity index (χ0) is 25.5. The van der Waals surface area contributed by atoms with Gasteiger partial charge in [-0.05, 0) is 68.6 Å². The van der Waals surface area contributed by atoms with Gasteiger partial charge in [-0.1, -0.05) is 49.8 Å². The SMILES string of the molecule is CCCc1c(-c2cccc(C)c2F)c(C2=CC=CC=C=C2)nn1CC1CCC(COCC(=O)O)CC1. The predicted octanol–water partition coefficient (Wildman–Crippen LogP) is 6.52. The van der Waals surface area contributed by atoms with Crippen LogP contribution in [-0.2, 0) is 22.5 Å². The molecule has 36 heavy (non-hydrogen) atoms. The largest absolute Gasteiger partial charge is 0.480 e. The Kier molecular flexibility index (Phi) is 8.74. The second kappa shape index (κ2) is 12.2. The van der Waals surface area contributed by atoms with Crippen LogP contribution in [0.15, 0.2) is 54.3 Å². The van der Waals surface area contributed by atoms with Gasteiger partial charge in [-0.15, -0.1) is 5.73 Å². The maximum Gasteiger partial charge on any atom is 0.329 e. The third-order valence-corrected chi connectivity index (χ3v) is 7.07. The molecule has 190 valence electrons. The lowest BCUT2D eigenvalue weighted by Gasteiger charge is -2.28. The van der Waals surface area contributed by atoms with Crippen LogP contribution < -0.4 is 0 Å². The molecule has 1 fully saturated rings. The number of benzene rings is 1. The molecule has 0 aliphatic heterocycles. The number of nitrogens with zero attached hydrogens (tertiary/aromatic N) is 2. The fourth-order valence-corrected chi connectivity index (χ4v) is 5.21. The Morgan fingerprint density at radius 3 is 2.75 bits per heavy atom. The Bertz CT molecular complexity index is 1210. The van der Waals surface area contributed by atoms with Crippen LogP contribution in [0.2, 0.25) is 0 Å². The molecule has 1 saturated carbocycles. The van der Waals surface area contributed by atoms with Crippen LogP contribution in [0.4, 0.5) is 4.39 Å². The molecule has 1 heterocycles. The number of halogens is 1. The van der Waals surface area contributed by atoms with Crippen molar-refractivity contribution >= 4 is 11.5 Å². The lowest BCUT2D eigenvalue weighted by molar-refractivity contribution is -0.142. The van der Waals surface area contributed by atoms with Gasteiger partial charge >= 0.3 is 5.97 Å². The number of rotatable bonds is 10. The summed E-state index contributed by atoms with van der Waals surface area (Å²) in [5.41, 5.74) is 8.09. The fourth-order valence-electron chi connectivity index (χ4n) is 5.21. The molecule has 0 saturated heterocycles. The van der Waals surface area contributed by atoms with Crippen molar-refractivity contribution in [3.63, 3.8) is 0 Å². The molecule has 0 atom stereocenters. The molecule has 0 unspecified atom stereocenters. The predicted molar refractivity (Wildman–Crippen MR) is 140 cm³/mol. The van der Waals surface area contributed by atoms with Crippen molar-refractivity contribution in [2.45, 2.75) is 58.9 Å². The number of carboxylic acids is 1. The van der Waals surface area contributed by atoms with E-state index in [2.05, 4.69) is 17.3 Å². The van der Waals surface area contributed by atoms with Crippen molar-refractivity contribution in [1.82, 2.24) is 9.78 Å². The summed E-state index contributed by atoms with van der Waals surface area (Å²) in [6.45, 7) is 5.01. The number of hydrogen-bond acceptors (Lipinski definition) is 3. The van der Waals surface area contributed by atoms with Crippen molar-refractivity contribution in [3.05, 3.63) is 77.1 Å². The van der Waals surface area contributed by atoms with Crippen LogP contribution >= 0.6 is 0 Å². The Morgan fingerprint density at radius 1 is 1.22 bits per heavy atom. The molecular weight excluding hydrogens is 455 g/mol. The molecule has 6 heteroatoms. The zero-order valence-electron chi connectivity index (χ0n) is 21.2. The van der Waals surface area contributed by atoms with Crippen molar-refractivity contribution < 1.29 is 19.0 Å². The smallest absolute Gasteiger partial charge is 0.329 e. The molecule has 1 N–H and O–H groups in total. The van der Waals surface area contributed by atoms with Crippen molar-refractivity contribution in [1.29, 1.82) is 0 Å². The van der Waals surface area contributed by atoms with E-state index in [0.29, 0.717) is 29.6 Å². The molecule has 2 aliphatic carbocycles. The fraction of sp³-hybridized carbons (Fsp3) is 0.433. The third-order valence-electron chi connectivity index (χ3n) is 7.07. The zero-order valence-corrected chi connectivity index (χ0v) is 21.2. The van der Waals surface area contributed by atoms with Gasteiger partial charge in [0.2, 0.25) is 0 Å². The van der Waals surface area contributed by atoms with Crippen LogP contribution in [0.5, 0.6) is 0 Å². The van der Waals surface area contributed by atoms with Gasteiger partial charge in [0.25, 0.3) is 0 Å². The molecular formula is C30H35FN2O3. The minimum atomic E-state index is -0.924. The maximum atomic E-state index is 15.4. The first-order valence-electron chi connectivity index (χ1n) is 12.9. The molecule has 0 bridgehead atoms. The topological polar surface area (TPSA) is 64.4 Å². The summed E-state index contributed by atoms with van der Waals surface area (Å²) in [6.07, 6.45) is 15.6. The number of ether oxygens (including phenoxy) is 1. The van der Waals surface area contributed by atoms with E-state index in [1.807, 2.05) is 42.5 Å². The summed E-state index contributed by atoms with van der Waals surface area (Å²) in [4.78, 5) is 10.7. The first-order valence-corrected chi connectivity index (χ1v) is 12.9. The van der Waals surface area contributed by atoms with Crippen molar-refractivity contribution in [2.24, 2.45) is 11.8 Å². The van der Waals surface area contributed by atoms with Crippen LogP contribution in [0.3, 0.4) is 0 Å². The Labute approximate surface area is 212 Å². The van der Waals surface area contributed by atoms with E-state index in [-0.39, 0.29) is 12.4 Å². The lowest BCUT2D eigenvalue weighted by atomic mass is 9.82. The highest BCUT2D eigenvalue weighted by atomic mass is 19.1. The quantitative estimate of drug-likeness (QED) is 0.385. The maximum absolute atomic E-state index is 15.4. The number of aryl methyl sites for hydroxylation is 1. The van der Waals surface area contributed by atoms with E-state index in [1.54, 1.807) is 13.0 Å². The summed E-state index contributed by atoms with van der Waals surface area (Å²) in [6, 6.07) is 5.58. The number of carbonyl (C=O) groups is 1. The Balaban J connectivity index is 1.65. The molecule has 1 aromatic heterocycles. The van der Waals surface area contributed by atoms with Gasteiger partial charge in [0.05, 0.1) is 6.61 Å². The molecule has 2 aliphatic rings. The number of hydrogen-bond donors (Lipinski definition) is 1. The lowest BCUT2D eigenvalue weighted by Crippen LogP contribution is -2.24. The van der Waals surface area contributed by atoms with Gasteiger partial charge in [-0.3, -0.25) is 4.68 Å². The van der Waals surface area contributed by atoms with Gasteiger partial charge < -0.3 is 9.84 Å². The number of aromatic nitrogens is 2. The molecule has 4 rings (SSSR count). The van der Waals surface area contributed by atoms with Gasteiger partial charge in [0.15, 0.2) is 0 Å². The number of carboxylic acid groups (broad SMARTS) is 1. The second-order valence-electron chi connectivity index (χ2n) is 9.82. The summed E-state index contributed by atoms with van der Waals surface area (Å²) in [5, 5.41) is 13.9. The second-order valence-corrected chi connectivity index (χ2v) is 9.82. The van der Waals surface area contributed by atoms with Gasteiger partial charge in [-0.25, -0.2) is 9.18 Å². The normalized spacial score (nSPS) is 19.4. The van der Waals surface area contributed by atoms with E-state index in [4.69, 9.17) is 14.9 Å². The first-order chi connectivity index (χ1) is 17.5. The Morgan fingerprint density at radius 2 is 2.00 bits per heavy atom. The summed E-state index contributed by atoms with van der Waals surface area (Å²) < 4.78 is 22.9. The molecule has 5 nitrogen and oxygen atoms in total. The highest BCUT2D eigenvalue weighted by molar-refractivity contribution is 5.86. The minimum Gasteiger partial charge on any atom is -0.480 e. The van der Waals surface area contributed by atoms with Crippen LogP contribution in [-0.4, -0.2) is 34.1 Å². The Hall–Kier alpha value is -3.21. The minimum absolute atomic E-state index is 0.193. The van der Waals surface area contributed by atoms with Crippen LogP contribution in [0.25, 0.3) is 16.7 Å². The van der Waals surface area contributed by atoms with Crippen LogP contribution in [0, 0.1) is 24.6 Å². The average Bonchev–Trinajstić information content (AvgIpc) is 3.02. The summed E-state index contributed by atoms with van der Waals surface area (Å²) in [7, 11) is 0. The van der Waals surface area contributed by atoms with Crippen molar-refractivity contribution in [3.8, 4) is 11.1 Å². The molecule has 0 radical (unpaired) electrons. The summed E-state index contributed by atoms with van der Waals surface area (Å²) in [5.74, 6) is -0.243. The van der Waals surface area contributed by atoms with E-state index < -0.39 is 5.97 Å². The first kappa shape index (κ1) is 25.9.